The normalized spacial score (nSPS) is 11.7. The van der Waals surface area contributed by atoms with Crippen LogP contribution in [0.3, 0.4) is 0 Å². The third-order valence-corrected chi connectivity index (χ3v) is 5.74. The molecule has 2 aromatic carbocycles. The number of nitrogens with one attached hydrogen (secondary N) is 1. The first-order valence-electron chi connectivity index (χ1n) is 7.66. The second-order valence-corrected chi connectivity index (χ2v) is 7.15. The quantitative estimate of drug-likeness (QED) is 0.826. The number of rotatable bonds is 7. The van der Waals surface area contributed by atoms with Gasteiger partial charge in [0.25, 0.3) is 0 Å². The summed E-state index contributed by atoms with van der Waals surface area (Å²) >= 11 is 0. The molecule has 0 fully saturated rings. The number of benzene rings is 2. The largest absolute Gasteiger partial charge is 0.381 e. The van der Waals surface area contributed by atoms with Crippen LogP contribution in [-0.2, 0) is 16.6 Å². The van der Waals surface area contributed by atoms with Crippen molar-refractivity contribution >= 4 is 15.7 Å². The van der Waals surface area contributed by atoms with Gasteiger partial charge in [-0.25, -0.2) is 17.2 Å². The fraction of sp³-hybridized carbons (Fsp3) is 0.294. The van der Waals surface area contributed by atoms with Gasteiger partial charge in [-0.1, -0.05) is 19.9 Å². The van der Waals surface area contributed by atoms with Crippen LogP contribution in [0.1, 0.15) is 19.4 Å². The molecule has 0 bridgehead atoms. The zero-order valence-electron chi connectivity index (χ0n) is 13.6. The van der Waals surface area contributed by atoms with Crippen molar-refractivity contribution in [3.8, 4) is 0 Å². The highest BCUT2D eigenvalue weighted by Gasteiger charge is 2.21. The molecule has 2 aromatic rings. The SMILES string of the molecule is CCN(CC)S(=O)(=O)c1ccc(NCc2ccc(F)c(F)c2)cc1. The molecule has 0 aliphatic rings. The van der Waals surface area contributed by atoms with Crippen LogP contribution in [0.2, 0.25) is 0 Å². The number of hydrogen-bond acceptors (Lipinski definition) is 3. The molecular formula is C17H20F2N2O2S. The van der Waals surface area contributed by atoms with Gasteiger partial charge in [0, 0.05) is 25.3 Å². The van der Waals surface area contributed by atoms with Crippen LogP contribution in [0.25, 0.3) is 0 Å². The maximum absolute atomic E-state index is 13.2. The number of anilines is 1. The summed E-state index contributed by atoms with van der Waals surface area (Å²) in [5, 5.41) is 3.05. The summed E-state index contributed by atoms with van der Waals surface area (Å²) in [5.41, 5.74) is 1.28. The molecule has 0 spiro atoms. The Kier molecular flexibility index (Phi) is 5.90. The van der Waals surface area contributed by atoms with Crippen molar-refractivity contribution in [3.05, 3.63) is 59.7 Å². The van der Waals surface area contributed by atoms with Gasteiger partial charge in [0.2, 0.25) is 10.0 Å². The van der Waals surface area contributed by atoms with Crippen molar-refractivity contribution in [2.75, 3.05) is 18.4 Å². The van der Waals surface area contributed by atoms with Crippen LogP contribution in [0, 0.1) is 11.6 Å². The highest BCUT2D eigenvalue weighted by atomic mass is 32.2. The number of hydrogen-bond donors (Lipinski definition) is 1. The highest BCUT2D eigenvalue weighted by molar-refractivity contribution is 7.89. The second kappa shape index (κ2) is 7.72. The Morgan fingerprint density at radius 3 is 2.12 bits per heavy atom. The molecule has 0 atom stereocenters. The van der Waals surface area contributed by atoms with Gasteiger partial charge >= 0.3 is 0 Å². The van der Waals surface area contributed by atoms with E-state index in [1.54, 1.807) is 26.0 Å². The van der Waals surface area contributed by atoms with Crippen LogP contribution >= 0.6 is 0 Å². The summed E-state index contributed by atoms with van der Waals surface area (Å²) in [6.07, 6.45) is 0. The monoisotopic (exact) mass is 354 g/mol. The molecule has 0 heterocycles. The van der Waals surface area contributed by atoms with E-state index in [1.807, 2.05) is 0 Å². The van der Waals surface area contributed by atoms with E-state index >= 15 is 0 Å². The number of nitrogens with zero attached hydrogens (tertiary/aromatic N) is 1. The van der Waals surface area contributed by atoms with Crippen LogP contribution in [0.5, 0.6) is 0 Å². The predicted octanol–water partition coefficient (Wildman–Crippen LogP) is 3.61. The molecule has 0 aliphatic carbocycles. The third kappa shape index (κ3) is 4.10. The molecule has 0 saturated carbocycles. The zero-order chi connectivity index (χ0) is 17.7. The minimum atomic E-state index is -3.48. The summed E-state index contributed by atoms with van der Waals surface area (Å²) in [6.45, 7) is 4.71. The first-order valence-corrected chi connectivity index (χ1v) is 9.10. The van der Waals surface area contributed by atoms with Crippen molar-refractivity contribution in [2.45, 2.75) is 25.3 Å². The lowest BCUT2D eigenvalue weighted by molar-refractivity contribution is 0.445. The second-order valence-electron chi connectivity index (χ2n) is 5.22. The first kappa shape index (κ1) is 18.4. The topological polar surface area (TPSA) is 49.4 Å². The minimum Gasteiger partial charge on any atom is -0.381 e. The molecule has 0 aromatic heterocycles. The Morgan fingerprint density at radius 1 is 0.958 bits per heavy atom. The van der Waals surface area contributed by atoms with Crippen molar-refractivity contribution < 1.29 is 17.2 Å². The minimum absolute atomic E-state index is 0.226. The summed E-state index contributed by atoms with van der Waals surface area (Å²) in [6, 6.07) is 10.0. The summed E-state index contributed by atoms with van der Waals surface area (Å²) in [5.74, 6) is -1.78. The Balaban J connectivity index is 2.08. The van der Waals surface area contributed by atoms with Crippen molar-refractivity contribution in [1.29, 1.82) is 0 Å². The first-order chi connectivity index (χ1) is 11.4. The fourth-order valence-corrected chi connectivity index (χ4v) is 3.77. The standard InChI is InChI=1S/C17H20F2N2O2S/c1-3-21(4-2)24(22,23)15-8-6-14(7-9-15)20-12-13-5-10-16(18)17(19)11-13/h5-11,20H,3-4,12H2,1-2H3. The van der Waals surface area contributed by atoms with E-state index in [2.05, 4.69) is 5.32 Å². The zero-order valence-corrected chi connectivity index (χ0v) is 14.4. The molecular weight excluding hydrogens is 334 g/mol. The van der Waals surface area contributed by atoms with E-state index in [0.29, 0.717) is 30.9 Å². The van der Waals surface area contributed by atoms with Gasteiger partial charge in [-0.15, -0.1) is 0 Å². The van der Waals surface area contributed by atoms with E-state index in [4.69, 9.17) is 0 Å². The number of halogens is 2. The highest BCUT2D eigenvalue weighted by Crippen LogP contribution is 2.19. The lowest BCUT2D eigenvalue weighted by atomic mass is 10.2. The molecule has 0 saturated heterocycles. The molecule has 0 unspecified atom stereocenters. The Hall–Kier alpha value is -1.99. The van der Waals surface area contributed by atoms with E-state index in [1.165, 1.54) is 22.5 Å². The Bertz CT molecular complexity index is 789. The van der Waals surface area contributed by atoms with E-state index in [0.717, 1.165) is 12.1 Å². The van der Waals surface area contributed by atoms with Crippen LogP contribution in [-0.4, -0.2) is 25.8 Å². The lowest BCUT2D eigenvalue weighted by Crippen LogP contribution is -2.30. The Morgan fingerprint density at radius 2 is 1.58 bits per heavy atom. The van der Waals surface area contributed by atoms with Gasteiger partial charge in [-0.05, 0) is 42.0 Å². The maximum atomic E-state index is 13.2. The van der Waals surface area contributed by atoms with E-state index in [9.17, 15) is 17.2 Å². The number of sulfonamides is 1. The molecule has 0 amide bonds. The van der Waals surface area contributed by atoms with Gasteiger partial charge in [0.15, 0.2) is 11.6 Å². The third-order valence-electron chi connectivity index (χ3n) is 3.68. The average Bonchev–Trinajstić information content (AvgIpc) is 2.57. The van der Waals surface area contributed by atoms with Crippen LogP contribution in [0.4, 0.5) is 14.5 Å². The van der Waals surface area contributed by atoms with E-state index < -0.39 is 21.7 Å². The molecule has 2 rings (SSSR count). The average molecular weight is 354 g/mol. The van der Waals surface area contributed by atoms with Crippen molar-refractivity contribution in [1.82, 2.24) is 4.31 Å². The van der Waals surface area contributed by atoms with Gasteiger partial charge in [0.05, 0.1) is 4.90 Å². The molecule has 4 nitrogen and oxygen atoms in total. The van der Waals surface area contributed by atoms with Crippen LogP contribution in [0.15, 0.2) is 47.4 Å². The summed E-state index contributed by atoms with van der Waals surface area (Å²) < 4.78 is 52.2. The van der Waals surface area contributed by atoms with Crippen LogP contribution < -0.4 is 5.32 Å². The summed E-state index contributed by atoms with van der Waals surface area (Å²) in [4.78, 5) is 0.226. The molecule has 1 N–H and O–H groups in total. The van der Waals surface area contributed by atoms with Gasteiger partial charge < -0.3 is 5.32 Å². The van der Waals surface area contributed by atoms with Gasteiger partial charge in [0.1, 0.15) is 0 Å². The molecule has 0 radical (unpaired) electrons. The Labute approximate surface area is 141 Å². The maximum Gasteiger partial charge on any atom is 0.243 e. The van der Waals surface area contributed by atoms with Gasteiger partial charge in [-0.3, -0.25) is 0 Å². The smallest absolute Gasteiger partial charge is 0.243 e. The molecule has 7 heteroatoms. The fourth-order valence-electron chi connectivity index (χ4n) is 2.31. The van der Waals surface area contributed by atoms with E-state index in [-0.39, 0.29) is 4.90 Å². The lowest BCUT2D eigenvalue weighted by Gasteiger charge is -2.18. The molecule has 24 heavy (non-hydrogen) atoms. The van der Waals surface area contributed by atoms with Crippen molar-refractivity contribution in [2.24, 2.45) is 0 Å². The van der Waals surface area contributed by atoms with Gasteiger partial charge in [-0.2, -0.15) is 4.31 Å². The molecule has 0 aliphatic heterocycles. The molecule has 130 valence electrons. The summed E-state index contributed by atoms with van der Waals surface area (Å²) in [7, 11) is -3.48. The van der Waals surface area contributed by atoms with Crippen molar-refractivity contribution in [3.63, 3.8) is 0 Å². The predicted molar refractivity (Wildman–Crippen MR) is 90.2 cm³/mol.